The van der Waals surface area contributed by atoms with Crippen molar-refractivity contribution in [2.45, 2.75) is 65.5 Å². The van der Waals surface area contributed by atoms with E-state index in [2.05, 4.69) is 10.3 Å². The first-order chi connectivity index (χ1) is 20.5. The van der Waals surface area contributed by atoms with Gasteiger partial charge in [-0.15, -0.1) is 0 Å². The van der Waals surface area contributed by atoms with Crippen molar-refractivity contribution >= 4 is 46.7 Å². The summed E-state index contributed by atoms with van der Waals surface area (Å²) in [6.45, 7) is 8.21. The van der Waals surface area contributed by atoms with Crippen LogP contribution < -0.4 is 0 Å². The number of oxime groups is 2. The third-order valence-electron chi connectivity index (χ3n) is 6.92. The van der Waals surface area contributed by atoms with E-state index in [9.17, 15) is 27.2 Å². The van der Waals surface area contributed by atoms with E-state index in [1.807, 2.05) is 0 Å². The highest BCUT2D eigenvalue weighted by molar-refractivity contribution is 6.35. The molecule has 238 valence electrons. The first-order valence-corrected chi connectivity index (χ1v) is 14.2. The highest BCUT2D eigenvalue weighted by atomic mass is 35.5. The van der Waals surface area contributed by atoms with Gasteiger partial charge in [-0.2, -0.15) is 13.2 Å². The largest absolute Gasteiger partial charge is 0.479 e. The fraction of sp³-hybridized carbons (Fsp3) is 0.448. The van der Waals surface area contributed by atoms with Gasteiger partial charge in [-0.25, -0.2) is 4.39 Å². The summed E-state index contributed by atoms with van der Waals surface area (Å²) in [5.74, 6) is -1.93. The molecule has 2 aromatic rings. The van der Waals surface area contributed by atoms with Gasteiger partial charge < -0.3 is 19.1 Å². The maximum Gasteiger partial charge on any atom is 0.435 e. The number of esters is 1. The number of amides is 1. The van der Waals surface area contributed by atoms with E-state index in [0.29, 0.717) is 12.2 Å². The molecule has 1 unspecified atom stereocenters. The minimum absolute atomic E-state index is 0.0779. The van der Waals surface area contributed by atoms with Crippen molar-refractivity contribution in [2.24, 2.45) is 15.7 Å². The molecule has 44 heavy (non-hydrogen) atoms. The maximum absolute atomic E-state index is 14.4. The molecule has 15 heteroatoms. The predicted molar refractivity (Wildman–Crippen MR) is 153 cm³/mol. The Morgan fingerprint density at radius 2 is 1.77 bits per heavy atom. The molecule has 0 saturated heterocycles. The van der Waals surface area contributed by atoms with Gasteiger partial charge in [0, 0.05) is 17.5 Å². The highest BCUT2D eigenvalue weighted by Crippen LogP contribution is 2.50. The third-order valence-corrected chi connectivity index (χ3v) is 7.47. The van der Waals surface area contributed by atoms with Gasteiger partial charge in [-0.05, 0) is 75.2 Å². The molecule has 9 nitrogen and oxygen atoms in total. The second-order valence-electron chi connectivity index (χ2n) is 11.2. The number of ether oxygens (including phenoxy) is 2. The summed E-state index contributed by atoms with van der Waals surface area (Å²) >= 11 is 11.6. The van der Waals surface area contributed by atoms with Gasteiger partial charge in [0.1, 0.15) is 0 Å². The number of benzene rings is 2. The topological polar surface area (TPSA) is 99.0 Å². The molecule has 0 fully saturated rings. The van der Waals surface area contributed by atoms with Gasteiger partial charge >= 0.3 is 12.1 Å². The number of alkyl halides is 3. The van der Waals surface area contributed by atoms with Crippen LogP contribution in [0.2, 0.25) is 10.0 Å². The van der Waals surface area contributed by atoms with Crippen LogP contribution in [0.3, 0.4) is 0 Å². The average Bonchev–Trinajstić information content (AvgIpc) is 3.59. The van der Waals surface area contributed by atoms with Crippen LogP contribution >= 0.6 is 23.2 Å². The van der Waals surface area contributed by atoms with E-state index in [1.165, 1.54) is 23.1 Å². The minimum atomic E-state index is -4.98. The van der Waals surface area contributed by atoms with Crippen molar-refractivity contribution in [2.75, 3.05) is 13.3 Å². The lowest BCUT2D eigenvalue weighted by molar-refractivity contribution is -0.275. The Morgan fingerprint density at radius 1 is 1.11 bits per heavy atom. The summed E-state index contributed by atoms with van der Waals surface area (Å²) in [4.78, 5) is 37.8. The molecule has 0 bridgehead atoms. The second-order valence-corrected chi connectivity index (χ2v) is 12.0. The smallest absolute Gasteiger partial charge is 0.435 e. The molecule has 2 aliphatic heterocycles. The van der Waals surface area contributed by atoms with Crippen LogP contribution in [0.1, 0.15) is 67.6 Å². The monoisotopic (exact) mass is 661 g/mol. The van der Waals surface area contributed by atoms with Crippen LogP contribution in [-0.4, -0.2) is 54.1 Å². The molecule has 0 aromatic heterocycles. The van der Waals surface area contributed by atoms with E-state index < -0.39 is 69.9 Å². The fourth-order valence-corrected chi connectivity index (χ4v) is 4.95. The first-order valence-electron chi connectivity index (χ1n) is 13.4. The van der Waals surface area contributed by atoms with E-state index in [1.54, 1.807) is 34.6 Å². The molecular formula is C29H29Cl2F4N3O6. The molecule has 2 atom stereocenters. The number of hydrogen-bond acceptors (Lipinski definition) is 8. The van der Waals surface area contributed by atoms with Crippen molar-refractivity contribution in [1.29, 1.82) is 0 Å². The van der Waals surface area contributed by atoms with Crippen LogP contribution in [0.4, 0.5) is 17.6 Å². The average molecular weight is 662 g/mol. The van der Waals surface area contributed by atoms with Gasteiger partial charge in [-0.1, -0.05) is 34.4 Å². The molecule has 2 heterocycles. The summed E-state index contributed by atoms with van der Waals surface area (Å²) in [7, 11) is 0. The maximum atomic E-state index is 14.4. The van der Waals surface area contributed by atoms with E-state index in [4.69, 9.17) is 42.4 Å². The number of carbonyl (C=O) groups is 2. The molecule has 0 N–H and O–H groups in total. The highest BCUT2D eigenvalue weighted by Gasteiger charge is 2.62. The number of nitrogens with zero attached hydrogens (tertiary/aromatic N) is 3. The molecular weight excluding hydrogens is 633 g/mol. The molecule has 0 spiro atoms. The number of hydrogen-bond donors (Lipinski definition) is 0. The van der Waals surface area contributed by atoms with Crippen molar-refractivity contribution in [3.63, 3.8) is 0 Å². The molecule has 0 aliphatic carbocycles. The van der Waals surface area contributed by atoms with Gasteiger partial charge in [0.05, 0.1) is 34.2 Å². The number of carbonyl (C=O) groups excluding carboxylic acids is 2. The van der Waals surface area contributed by atoms with Gasteiger partial charge in [0.2, 0.25) is 12.1 Å². The molecule has 0 radical (unpaired) electrons. The fourth-order valence-electron chi connectivity index (χ4n) is 4.46. The number of halogens is 6. The van der Waals surface area contributed by atoms with Crippen LogP contribution in [0, 0.1) is 18.2 Å². The van der Waals surface area contributed by atoms with Crippen molar-refractivity contribution in [3.05, 3.63) is 68.4 Å². The van der Waals surface area contributed by atoms with Crippen LogP contribution in [0.25, 0.3) is 0 Å². The quantitative estimate of drug-likeness (QED) is 0.136. The zero-order valence-electron chi connectivity index (χ0n) is 24.4. The van der Waals surface area contributed by atoms with Crippen LogP contribution in [0.5, 0.6) is 0 Å². The number of aryl methyl sites for hydroxylation is 1. The Morgan fingerprint density at radius 3 is 2.34 bits per heavy atom. The van der Waals surface area contributed by atoms with E-state index in [-0.39, 0.29) is 29.2 Å². The Bertz CT molecular complexity index is 1500. The molecule has 4 rings (SSSR count). The van der Waals surface area contributed by atoms with Gasteiger partial charge in [0.15, 0.2) is 12.5 Å². The Hall–Kier alpha value is -3.58. The zero-order chi connectivity index (χ0) is 32.6. The minimum Gasteiger partial charge on any atom is -0.479 e. The molecule has 1 amide bonds. The Kier molecular flexibility index (Phi) is 9.41. The van der Waals surface area contributed by atoms with Crippen molar-refractivity contribution in [1.82, 2.24) is 4.90 Å². The van der Waals surface area contributed by atoms with E-state index in [0.717, 1.165) is 12.1 Å². The Balaban J connectivity index is 1.60. The summed E-state index contributed by atoms with van der Waals surface area (Å²) in [6.07, 6.45) is -6.59. The number of rotatable bonds is 7. The summed E-state index contributed by atoms with van der Waals surface area (Å²) < 4.78 is 68.0. The standard InChI is InChI=1S/C29H29Cl2F4N3O6/c1-6-41-22-12-23(43-37-22)38(14-42-26(40)27(3,4)5)25(39)18-8-7-16(9-15(18)2)21-13-28(44-36-21,29(33,34)35)17-10-19(30)24(32)20(31)11-17/h7-11,23H,6,12-14H2,1-5H3/t23?,28-/m0/s1. The van der Waals surface area contributed by atoms with Crippen molar-refractivity contribution < 1.29 is 46.3 Å². The van der Waals surface area contributed by atoms with Gasteiger partial charge in [0.25, 0.3) is 11.5 Å². The summed E-state index contributed by atoms with van der Waals surface area (Å²) in [6, 6.07) is 5.90. The third kappa shape index (κ3) is 6.58. The van der Waals surface area contributed by atoms with Gasteiger partial charge in [-0.3, -0.25) is 14.5 Å². The summed E-state index contributed by atoms with van der Waals surface area (Å²) in [5.41, 5.74) is -3.63. The zero-order valence-corrected chi connectivity index (χ0v) is 25.9. The first kappa shape index (κ1) is 33.3. The molecule has 2 aromatic carbocycles. The van der Waals surface area contributed by atoms with Crippen molar-refractivity contribution in [3.8, 4) is 0 Å². The Labute approximate surface area is 260 Å². The SMILES string of the molecule is CCOC1=NOC(N(COC(=O)C(C)(C)C)C(=O)c2ccc(C3=NO[C@@](c4cc(Cl)c(F)c(Cl)c4)(C(F)(F)F)C3)cc2C)C1. The lowest BCUT2D eigenvalue weighted by atomic mass is 9.86. The predicted octanol–water partition coefficient (Wildman–Crippen LogP) is 7.11. The van der Waals surface area contributed by atoms with Crippen LogP contribution in [0.15, 0.2) is 40.6 Å². The molecule has 2 aliphatic rings. The normalized spacial score (nSPS) is 19.9. The lowest BCUT2D eigenvalue weighted by Gasteiger charge is -2.30. The lowest BCUT2D eigenvalue weighted by Crippen LogP contribution is -2.44. The van der Waals surface area contributed by atoms with E-state index >= 15 is 0 Å². The molecule has 0 saturated carbocycles. The summed E-state index contributed by atoms with van der Waals surface area (Å²) in [5, 5.41) is 6.35. The van der Waals surface area contributed by atoms with Crippen LogP contribution in [-0.2, 0) is 29.5 Å². The second kappa shape index (κ2) is 12.4.